The number of esters is 1. The number of hydrogen-bond donors (Lipinski definition) is 1. The van der Waals surface area contributed by atoms with Gasteiger partial charge in [-0.3, -0.25) is 9.59 Å². The molecule has 1 atom stereocenters. The highest BCUT2D eigenvalue weighted by atomic mass is 32.2. The van der Waals surface area contributed by atoms with Gasteiger partial charge < -0.3 is 10.1 Å². The Morgan fingerprint density at radius 1 is 1.32 bits per heavy atom. The zero-order chi connectivity index (χ0) is 18.5. The number of ether oxygens (including phenoxy) is 1. The number of halogens is 1. The number of benzene rings is 1. The number of hydrogen-bond acceptors (Lipinski definition) is 6. The van der Waals surface area contributed by atoms with Crippen LogP contribution in [0.4, 0.5) is 4.39 Å². The van der Waals surface area contributed by atoms with Crippen LogP contribution in [0, 0.1) is 5.82 Å². The van der Waals surface area contributed by atoms with Crippen molar-refractivity contribution in [3.8, 4) is 0 Å². The van der Waals surface area contributed by atoms with Crippen LogP contribution < -0.4 is 5.32 Å². The summed E-state index contributed by atoms with van der Waals surface area (Å²) in [6.45, 7) is 1.23. The van der Waals surface area contributed by atoms with Crippen molar-refractivity contribution >= 4 is 33.5 Å². The molecule has 0 spiro atoms. The second-order valence-electron chi connectivity index (χ2n) is 6.16. The van der Waals surface area contributed by atoms with E-state index in [0.29, 0.717) is 12.2 Å². The van der Waals surface area contributed by atoms with Gasteiger partial charge in [0.05, 0.1) is 23.5 Å². The average Bonchev–Trinajstić information content (AvgIpc) is 2.80. The van der Waals surface area contributed by atoms with Crippen LogP contribution in [0.2, 0.25) is 0 Å². The first-order valence-corrected chi connectivity index (χ1v) is 10.5. The van der Waals surface area contributed by atoms with Crippen molar-refractivity contribution < 1.29 is 27.1 Å². The normalized spacial score (nSPS) is 21.7. The maximum Gasteiger partial charge on any atom is 0.307 e. The quantitative estimate of drug-likeness (QED) is 0.562. The van der Waals surface area contributed by atoms with E-state index in [1.54, 1.807) is 19.1 Å². The number of rotatable bonds is 7. The molecule has 0 bridgehead atoms. The molecule has 1 saturated heterocycles. The molecule has 1 fully saturated rings. The molecule has 0 aliphatic carbocycles. The van der Waals surface area contributed by atoms with Gasteiger partial charge in [0.2, 0.25) is 0 Å². The van der Waals surface area contributed by atoms with Gasteiger partial charge in [0, 0.05) is 10.6 Å². The van der Waals surface area contributed by atoms with Crippen molar-refractivity contribution in [1.29, 1.82) is 0 Å². The molecule has 0 saturated carbocycles. The summed E-state index contributed by atoms with van der Waals surface area (Å²) in [5.41, 5.74) is -0.805. The molecule has 2 rings (SSSR count). The third kappa shape index (κ3) is 6.66. The highest BCUT2D eigenvalue weighted by molar-refractivity contribution is 7.99. The van der Waals surface area contributed by atoms with Gasteiger partial charge in [-0.05, 0) is 37.6 Å². The summed E-state index contributed by atoms with van der Waals surface area (Å²) in [6, 6.07) is 5.92. The fourth-order valence-corrected chi connectivity index (χ4v) is 5.41. The number of carbonyl (C=O) groups excluding carboxylic acids is 2. The highest BCUT2D eigenvalue weighted by Gasteiger charge is 2.39. The minimum absolute atomic E-state index is 0.0458. The Morgan fingerprint density at radius 2 is 2.00 bits per heavy atom. The molecule has 1 aliphatic heterocycles. The van der Waals surface area contributed by atoms with Crippen LogP contribution in [0.1, 0.15) is 19.8 Å². The molecule has 1 aliphatic rings. The number of sulfone groups is 1. The van der Waals surface area contributed by atoms with Crippen LogP contribution in [0.3, 0.4) is 0 Å². The van der Waals surface area contributed by atoms with E-state index in [1.165, 1.54) is 23.9 Å². The first kappa shape index (κ1) is 19.7. The maximum absolute atomic E-state index is 12.8. The standard InChI is InChI=1S/C16H20FNO5S2/c1-16(7-9-25(21,22)11-16)18-14(19)10-23-15(20)6-8-24-13-4-2-12(17)3-5-13/h2-5H,6-11H2,1H3,(H,18,19)/t16-/m1/s1. The third-order valence-electron chi connectivity index (χ3n) is 3.70. The van der Waals surface area contributed by atoms with Crippen LogP contribution in [0.25, 0.3) is 0 Å². The Hall–Kier alpha value is -1.61. The molecule has 0 aromatic heterocycles. The lowest BCUT2D eigenvalue weighted by Gasteiger charge is -2.23. The predicted molar refractivity (Wildman–Crippen MR) is 92.5 cm³/mol. The van der Waals surface area contributed by atoms with Gasteiger partial charge >= 0.3 is 5.97 Å². The Labute approximate surface area is 150 Å². The SMILES string of the molecule is C[C@@]1(NC(=O)COC(=O)CCSc2ccc(F)cc2)CCS(=O)(=O)C1. The van der Waals surface area contributed by atoms with E-state index in [0.717, 1.165) is 4.90 Å². The van der Waals surface area contributed by atoms with Gasteiger partial charge in [-0.15, -0.1) is 11.8 Å². The van der Waals surface area contributed by atoms with E-state index in [4.69, 9.17) is 4.74 Å². The van der Waals surface area contributed by atoms with Crippen molar-refractivity contribution in [2.45, 2.75) is 30.2 Å². The monoisotopic (exact) mass is 389 g/mol. The van der Waals surface area contributed by atoms with Crippen LogP contribution in [0.5, 0.6) is 0 Å². The number of amides is 1. The molecule has 0 unspecified atom stereocenters. The smallest absolute Gasteiger partial charge is 0.307 e. The zero-order valence-electron chi connectivity index (χ0n) is 13.8. The molecule has 1 heterocycles. The Bertz CT molecular complexity index is 735. The van der Waals surface area contributed by atoms with Crippen molar-refractivity contribution in [2.24, 2.45) is 0 Å². The molecule has 1 aromatic carbocycles. The molecule has 1 N–H and O–H groups in total. The molecular weight excluding hydrogens is 369 g/mol. The van der Waals surface area contributed by atoms with Crippen molar-refractivity contribution in [3.05, 3.63) is 30.1 Å². The Balaban J connectivity index is 1.66. The largest absolute Gasteiger partial charge is 0.456 e. The molecule has 138 valence electrons. The number of carbonyl (C=O) groups is 2. The Morgan fingerprint density at radius 3 is 2.60 bits per heavy atom. The molecule has 9 heteroatoms. The first-order chi connectivity index (χ1) is 11.7. The highest BCUT2D eigenvalue weighted by Crippen LogP contribution is 2.22. The van der Waals surface area contributed by atoms with Gasteiger partial charge in [-0.2, -0.15) is 0 Å². The van der Waals surface area contributed by atoms with E-state index in [9.17, 15) is 22.4 Å². The van der Waals surface area contributed by atoms with Gasteiger partial charge in [0.1, 0.15) is 5.82 Å². The summed E-state index contributed by atoms with van der Waals surface area (Å²) in [5, 5.41) is 2.62. The summed E-state index contributed by atoms with van der Waals surface area (Å²) in [6.07, 6.45) is 0.463. The zero-order valence-corrected chi connectivity index (χ0v) is 15.4. The van der Waals surface area contributed by atoms with E-state index in [2.05, 4.69) is 5.32 Å². The molecule has 25 heavy (non-hydrogen) atoms. The van der Waals surface area contributed by atoms with E-state index in [-0.39, 0.29) is 23.7 Å². The maximum atomic E-state index is 12.8. The topological polar surface area (TPSA) is 89.5 Å². The summed E-state index contributed by atoms with van der Waals surface area (Å²) in [4.78, 5) is 24.3. The minimum atomic E-state index is -3.12. The minimum Gasteiger partial charge on any atom is -0.456 e. The molecule has 1 amide bonds. The van der Waals surface area contributed by atoms with Crippen LogP contribution in [-0.4, -0.2) is 49.7 Å². The molecule has 6 nitrogen and oxygen atoms in total. The van der Waals surface area contributed by atoms with Crippen LogP contribution in [-0.2, 0) is 24.2 Å². The van der Waals surface area contributed by atoms with Crippen molar-refractivity contribution in [3.63, 3.8) is 0 Å². The first-order valence-electron chi connectivity index (χ1n) is 7.73. The van der Waals surface area contributed by atoms with Gasteiger partial charge in [-0.25, -0.2) is 12.8 Å². The number of thioether (sulfide) groups is 1. The van der Waals surface area contributed by atoms with Gasteiger partial charge in [0.15, 0.2) is 16.4 Å². The van der Waals surface area contributed by atoms with E-state index in [1.807, 2.05) is 0 Å². The van der Waals surface area contributed by atoms with Gasteiger partial charge in [-0.1, -0.05) is 0 Å². The predicted octanol–water partition coefficient (Wildman–Crippen LogP) is 1.54. The fraction of sp³-hybridized carbons (Fsp3) is 0.500. The Kier molecular flexibility index (Phi) is 6.45. The summed E-state index contributed by atoms with van der Waals surface area (Å²) in [7, 11) is -3.12. The fourth-order valence-electron chi connectivity index (χ4n) is 2.48. The number of nitrogens with one attached hydrogen (secondary N) is 1. The summed E-state index contributed by atoms with van der Waals surface area (Å²) in [5.74, 6) is -0.966. The molecular formula is C16H20FNO5S2. The van der Waals surface area contributed by atoms with Crippen LogP contribution >= 0.6 is 11.8 Å². The van der Waals surface area contributed by atoms with E-state index >= 15 is 0 Å². The summed E-state index contributed by atoms with van der Waals surface area (Å²) < 4.78 is 40.6. The average molecular weight is 389 g/mol. The second-order valence-corrected chi connectivity index (χ2v) is 9.52. The lowest BCUT2D eigenvalue weighted by molar-refractivity contribution is -0.148. The van der Waals surface area contributed by atoms with Crippen molar-refractivity contribution in [2.75, 3.05) is 23.9 Å². The lowest BCUT2D eigenvalue weighted by atomic mass is 10.0. The van der Waals surface area contributed by atoms with Crippen LogP contribution in [0.15, 0.2) is 29.2 Å². The summed E-state index contributed by atoms with van der Waals surface area (Å²) >= 11 is 1.38. The third-order valence-corrected chi connectivity index (χ3v) is 6.61. The van der Waals surface area contributed by atoms with Crippen molar-refractivity contribution in [1.82, 2.24) is 5.32 Å². The molecule has 0 radical (unpaired) electrons. The second kappa shape index (κ2) is 8.18. The molecule has 1 aromatic rings. The van der Waals surface area contributed by atoms with Gasteiger partial charge in [0.25, 0.3) is 5.91 Å². The lowest BCUT2D eigenvalue weighted by Crippen LogP contribution is -2.48. The van der Waals surface area contributed by atoms with E-state index < -0.39 is 33.9 Å².